The summed E-state index contributed by atoms with van der Waals surface area (Å²) in [5, 5.41) is 0. The molecule has 2 aromatic carbocycles. The lowest BCUT2D eigenvalue weighted by atomic mass is 9.93. The molecule has 0 N–H and O–H groups in total. The molecule has 1 aromatic heterocycles. The van der Waals surface area contributed by atoms with Crippen molar-refractivity contribution >= 4 is 15.9 Å². The van der Waals surface area contributed by atoms with Crippen molar-refractivity contribution in [2.24, 2.45) is 5.92 Å². The third-order valence-corrected chi connectivity index (χ3v) is 9.34. The Hall–Kier alpha value is -2.90. The van der Waals surface area contributed by atoms with Crippen LogP contribution in [0.2, 0.25) is 0 Å². The second kappa shape index (κ2) is 9.63. The molecule has 184 valence electrons. The summed E-state index contributed by atoms with van der Waals surface area (Å²) >= 11 is 0. The van der Waals surface area contributed by atoms with Crippen LogP contribution in [-0.4, -0.2) is 47.7 Å². The van der Waals surface area contributed by atoms with Crippen LogP contribution in [0.25, 0.3) is 0 Å². The van der Waals surface area contributed by atoms with Crippen LogP contribution in [-0.2, 0) is 21.4 Å². The first-order valence-electron chi connectivity index (χ1n) is 12.5. The molecule has 1 fully saturated rings. The zero-order valence-corrected chi connectivity index (χ0v) is 21.2. The van der Waals surface area contributed by atoms with Gasteiger partial charge in [-0.1, -0.05) is 56.3 Å². The Morgan fingerprint density at radius 2 is 1.54 bits per heavy atom. The van der Waals surface area contributed by atoms with Crippen molar-refractivity contribution in [1.29, 1.82) is 0 Å². The molecule has 1 saturated heterocycles. The lowest BCUT2D eigenvalue weighted by molar-refractivity contribution is -0.139. The Labute approximate surface area is 208 Å². The molecule has 0 spiro atoms. The number of fused-ring (bicyclic) bond motifs is 1. The summed E-state index contributed by atoms with van der Waals surface area (Å²) in [7, 11) is -3.56. The van der Waals surface area contributed by atoms with Gasteiger partial charge in [0.05, 0.1) is 10.9 Å². The fraction of sp³-hybridized carbons (Fsp3) is 0.393. The van der Waals surface area contributed by atoms with Gasteiger partial charge in [-0.05, 0) is 54.2 Å². The first-order chi connectivity index (χ1) is 16.9. The van der Waals surface area contributed by atoms with Crippen molar-refractivity contribution in [3.63, 3.8) is 0 Å². The highest BCUT2D eigenvalue weighted by Crippen LogP contribution is 2.35. The maximum absolute atomic E-state index is 13.7. The van der Waals surface area contributed by atoms with Gasteiger partial charge >= 0.3 is 0 Å². The van der Waals surface area contributed by atoms with E-state index >= 15 is 0 Å². The van der Waals surface area contributed by atoms with Gasteiger partial charge < -0.3 is 9.47 Å². The van der Waals surface area contributed by atoms with E-state index in [1.165, 1.54) is 4.31 Å². The van der Waals surface area contributed by atoms with Crippen molar-refractivity contribution in [2.75, 3.05) is 19.6 Å². The quantitative estimate of drug-likeness (QED) is 0.522. The number of benzene rings is 2. The molecule has 3 heterocycles. The first-order valence-corrected chi connectivity index (χ1v) is 13.9. The van der Waals surface area contributed by atoms with Crippen LogP contribution in [0.4, 0.5) is 0 Å². The van der Waals surface area contributed by atoms with Crippen LogP contribution in [0, 0.1) is 5.92 Å². The molecule has 0 radical (unpaired) electrons. The van der Waals surface area contributed by atoms with Gasteiger partial charge in [0.2, 0.25) is 15.9 Å². The van der Waals surface area contributed by atoms with Gasteiger partial charge in [0.1, 0.15) is 0 Å². The van der Waals surface area contributed by atoms with E-state index in [2.05, 4.69) is 42.8 Å². The first kappa shape index (κ1) is 23.8. The molecule has 1 unspecified atom stereocenters. The van der Waals surface area contributed by atoms with E-state index in [1.807, 2.05) is 41.3 Å². The second-order valence-corrected chi connectivity index (χ2v) is 11.8. The summed E-state index contributed by atoms with van der Waals surface area (Å²) in [6, 6.07) is 21.4. The molecule has 3 aromatic rings. The minimum Gasteiger partial charge on any atom is -0.348 e. The molecule has 1 amide bonds. The molecular formula is C28H33N3O3S. The van der Waals surface area contributed by atoms with E-state index < -0.39 is 10.0 Å². The predicted octanol–water partition coefficient (Wildman–Crippen LogP) is 4.64. The second-order valence-electron chi connectivity index (χ2n) is 9.87. The number of piperidine rings is 1. The zero-order valence-electron chi connectivity index (χ0n) is 20.4. The Kier molecular flexibility index (Phi) is 6.55. The molecule has 0 bridgehead atoms. The standard InChI is InChI=1S/C28H33N3O3S/c1-21(2)22-10-12-25(13-11-22)35(33,34)30-17-14-24(15-18-30)28(32)31-20-19-29-16-6-9-26(29)27(31)23-7-4-3-5-8-23/h3-13,16,21,24,27H,14-15,17-20H2,1-2H3. The summed E-state index contributed by atoms with van der Waals surface area (Å²) in [6.07, 6.45) is 3.16. The van der Waals surface area contributed by atoms with Crippen LogP contribution in [0.3, 0.4) is 0 Å². The van der Waals surface area contributed by atoms with Gasteiger partial charge in [0.25, 0.3) is 0 Å². The predicted molar refractivity (Wildman–Crippen MR) is 136 cm³/mol. The zero-order chi connectivity index (χ0) is 24.6. The third-order valence-electron chi connectivity index (χ3n) is 7.42. The van der Waals surface area contributed by atoms with Crippen molar-refractivity contribution in [3.05, 3.63) is 89.7 Å². The molecular weight excluding hydrogens is 458 g/mol. The van der Waals surface area contributed by atoms with Gasteiger partial charge in [-0.15, -0.1) is 0 Å². The highest BCUT2D eigenvalue weighted by Gasteiger charge is 2.38. The topological polar surface area (TPSA) is 62.6 Å². The summed E-state index contributed by atoms with van der Waals surface area (Å²) in [5.74, 6) is 0.313. The monoisotopic (exact) mass is 491 g/mol. The largest absolute Gasteiger partial charge is 0.348 e. The van der Waals surface area contributed by atoms with Crippen molar-refractivity contribution in [3.8, 4) is 0 Å². The highest BCUT2D eigenvalue weighted by molar-refractivity contribution is 7.89. The number of carbonyl (C=O) groups is 1. The van der Waals surface area contributed by atoms with E-state index in [-0.39, 0.29) is 17.9 Å². The number of hydrogen-bond acceptors (Lipinski definition) is 3. The Morgan fingerprint density at radius 1 is 0.857 bits per heavy atom. The van der Waals surface area contributed by atoms with Crippen LogP contribution >= 0.6 is 0 Å². The Bertz CT molecular complexity index is 1270. The fourth-order valence-corrected chi connectivity index (χ4v) is 6.83. The SMILES string of the molecule is CC(C)c1ccc(S(=O)(=O)N2CCC(C(=O)N3CCn4cccc4C3c3ccccc3)CC2)cc1. The summed E-state index contributed by atoms with van der Waals surface area (Å²) in [4.78, 5) is 16.1. The van der Waals surface area contributed by atoms with Gasteiger partial charge in [0, 0.05) is 44.0 Å². The summed E-state index contributed by atoms with van der Waals surface area (Å²) in [5.41, 5.74) is 3.35. The number of amides is 1. The molecule has 2 aliphatic rings. The van der Waals surface area contributed by atoms with Crippen molar-refractivity contribution < 1.29 is 13.2 Å². The third kappa shape index (κ3) is 4.55. The van der Waals surface area contributed by atoms with E-state index in [1.54, 1.807) is 12.1 Å². The number of hydrogen-bond donors (Lipinski definition) is 0. The number of sulfonamides is 1. The van der Waals surface area contributed by atoms with Crippen LogP contribution in [0.1, 0.15) is 55.5 Å². The molecule has 2 aliphatic heterocycles. The number of rotatable bonds is 5. The Balaban J connectivity index is 1.30. The summed E-state index contributed by atoms with van der Waals surface area (Å²) < 4.78 is 30.2. The lowest BCUT2D eigenvalue weighted by Crippen LogP contribution is -2.48. The van der Waals surface area contributed by atoms with Crippen LogP contribution < -0.4 is 0 Å². The molecule has 1 atom stereocenters. The van der Waals surface area contributed by atoms with Gasteiger partial charge in [0.15, 0.2) is 0 Å². The highest BCUT2D eigenvalue weighted by atomic mass is 32.2. The smallest absolute Gasteiger partial charge is 0.243 e. The average molecular weight is 492 g/mol. The van der Waals surface area contributed by atoms with E-state index in [9.17, 15) is 13.2 Å². The maximum Gasteiger partial charge on any atom is 0.243 e. The molecule has 7 heteroatoms. The fourth-order valence-electron chi connectivity index (χ4n) is 5.36. The van der Waals surface area contributed by atoms with Crippen LogP contribution in [0.15, 0.2) is 77.8 Å². The van der Waals surface area contributed by atoms with E-state index in [4.69, 9.17) is 0 Å². The molecule has 35 heavy (non-hydrogen) atoms. The number of nitrogens with zero attached hydrogens (tertiary/aromatic N) is 3. The number of aromatic nitrogens is 1. The average Bonchev–Trinajstić information content (AvgIpc) is 3.37. The molecule has 0 saturated carbocycles. The lowest BCUT2D eigenvalue weighted by Gasteiger charge is -2.40. The van der Waals surface area contributed by atoms with E-state index in [0.717, 1.165) is 23.4 Å². The van der Waals surface area contributed by atoms with E-state index in [0.29, 0.717) is 43.3 Å². The van der Waals surface area contributed by atoms with Gasteiger partial charge in [-0.25, -0.2) is 8.42 Å². The summed E-state index contributed by atoms with van der Waals surface area (Å²) in [6.45, 7) is 6.34. The van der Waals surface area contributed by atoms with Crippen molar-refractivity contribution in [1.82, 2.24) is 13.8 Å². The van der Waals surface area contributed by atoms with Gasteiger partial charge in [-0.3, -0.25) is 4.79 Å². The normalized spacial score (nSPS) is 19.6. The molecule has 6 nitrogen and oxygen atoms in total. The molecule has 5 rings (SSSR count). The minimum atomic E-state index is -3.56. The minimum absolute atomic E-state index is 0.117. The Morgan fingerprint density at radius 3 is 2.20 bits per heavy atom. The van der Waals surface area contributed by atoms with Gasteiger partial charge in [-0.2, -0.15) is 4.31 Å². The van der Waals surface area contributed by atoms with Crippen LogP contribution in [0.5, 0.6) is 0 Å². The van der Waals surface area contributed by atoms with Crippen molar-refractivity contribution in [2.45, 2.75) is 50.1 Å². The molecule has 0 aliphatic carbocycles. The maximum atomic E-state index is 13.7. The number of carbonyl (C=O) groups excluding carboxylic acids is 1.